The van der Waals surface area contributed by atoms with E-state index in [9.17, 15) is 43.2 Å². The minimum absolute atomic E-state index is 0.104. The normalized spacial score (nSPS) is 14.4. The smallest absolute Gasteiger partial charge is 0.462 e. The van der Waals surface area contributed by atoms with Crippen molar-refractivity contribution in [2.45, 2.75) is 407 Å². The molecule has 0 aromatic carbocycles. The van der Waals surface area contributed by atoms with E-state index in [2.05, 4.69) is 48.5 Å². The van der Waals surface area contributed by atoms with E-state index >= 15 is 0 Å². The molecule has 0 fully saturated rings. The summed E-state index contributed by atoms with van der Waals surface area (Å²) >= 11 is 0. The van der Waals surface area contributed by atoms with Crippen molar-refractivity contribution in [1.29, 1.82) is 0 Å². The number of esters is 4. The standard InChI is InChI=1S/C76H148O17P2/c1-8-10-11-12-13-14-15-16-17-18-19-20-21-22-27-30-36-45-52-59-75(80)92-71(63-86-73(78)57-50-43-35-29-26-24-23-25-28-33-40-47-54-67(3)4)65-90-94(82,83)88-61-70(77)62-89-95(84,85)91-66-72(64-87-74(79)58-51-44-39-38-42-49-56-69(7)9-2)93-76(81)60-53-46-37-32-31-34-41-48-55-68(5)6/h67-72,77H,8-66H2,1-7H3,(H,82,83)(H,84,85)/t69?,70-,71-,72-/m1/s1. The minimum atomic E-state index is -4.96. The van der Waals surface area contributed by atoms with Crippen molar-refractivity contribution in [3.8, 4) is 0 Å². The van der Waals surface area contributed by atoms with Gasteiger partial charge in [0.15, 0.2) is 12.2 Å². The summed E-state index contributed by atoms with van der Waals surface area (Å²) in [6.07, 6.45) is 52.9. The molecule has 0 saturated carbocycles. The molecule has 0 bridgehead atoms. The second kappa shape index (κ2) is 66.6. The molecular formula is C76H148O17P2. The van der Waals surface area contributed by atoms with Gasteiger partial charge in [0.1, 0.15) is 19.3 Å². The summed E-state index contributed by atoms with van der Waals surface area (Å²) in [4.78, 5) is 72.8. The lowest BCUT2D eigenvalue weighted by Gasteiger charge is -2.21. The van der Waals surface area contributed by atoms with Gasteiger partial charge in [-0.2, -0.15) is 0 Å². The summed E-state index contributed by atoms with van der Waals surface area (Å²) in [5.41, 5.74) is 0. The van der Waals surface area contributed by atoms with Crippen molar-refractivity contribution in [3.05, 3.63) is 0 Å². The Kier molecular flexibility index (Phi) is 65.2. The lowest BCUT2D eigenvalue weighted by molar-refractivity contribution is -0.161. The average Bonchev–Trinajstić information content (AvgIpc) is 1.48. The SMILES string of the molecule is CCCCCCCCCCCCCCCCCCCCCC(=O)O[C@H](COC(=O)CCCCCCCCCCCCCCC(C)C)COP(=O)(O)OC[C@@H](O)COP(=O)(O)OC[C@@H](COC(=O)CCCCCCCCC(C)CC)OC(=O)CCCCCCCCCCC(C)C. The number of aliphatic hydroxyl groups excluding tert-OH is 1. The zero-order valence-corrected chi connectivity index (χ0v) is 63.9. The molecule has 564 valence electrons. The van der Waals surface area contributed by atoms with Gasteiger partial charge in [0, 0.05) is 25.7 Å². The van der Waals surface area contributed by atoms with Crippen LogP contribution in [0, 0.1) is 17.8 Å². The zero-order chi connectivity index (χ0) is 70.1. The van der Waals surface area contributed by atoms with E-state index in [0.29, 0.717) is 25.7 Å². The number of hydrogen-bond donors (Lipinski definition) is 3. The van der Waals surface area contributed by atoms with Crippen LogP contribution < -0.4 is 0 Å². The van der Waals surface area contributed by atoms with Crippen LogP contribution in [-0.2, 0) is 65.4 Å². The second-order valence-corrected chi connectivity index (χ2v) is 31.5. The summed E-state index contributed by atoms with van der Waals surface area (Å²) in [6.45, 7) is 11.8. The van der Waals surface area contributed by atoms with Gasteiger partial charge in [0.2, 0.25) is 0 Å². The fourth-order valence-electron chi connectivity index (χ4n) is 11.6. The minimum Gasteiger partial charge on any atom is -0.462 e. The molecule has 0 heterocycles. The zero-order valence-electron chi connectivity index (χ0n) is 62.1. The second-order valence-electron chi connectivity index (χ2n) is 28.6. The maximum absolute atomic E-state index is 13.1. The van der Waals surface area contributed by atoms with E-state index in [1.165, 1.54) is 193 Å². The van der Waals surface area contributed by atoms with Crippen LogP contribution in [-0.4, -0.2) is 96.7 Å². The van der Waals surface area contributed by atoms with E-state index < -0.39 is 97.5 Å². The number of aliphatic hydroxyl groups is 1. The summed E-state index contributed by atoms with van der Waals surface area (Å²) in [6, 6.07) is 0. The lowest BCUT2D eigenvalue weighted by atomic mass is 10.00. The van der Waals surface area contributed by atoms with Gasteiger partial charge in [0.05, 0.1) is 26.4 Å². The van der Waals surface area contributed by atoms with Crippen LogP contribution >= 0.6 is 15.6 Å². The number of ether oxygens (including phenoxy) is 4. The molecule has 0 aromatic rings. The van der Waals surface area contributed by atoms with Crippen LogP contribution in [0.2, 0.25) is 0 Å². The number of phosphoric acid groups is 2. The molecule has 6 atom stereocenters. The summed E-state index contributed by atoms with van der Waals surface area (Å²) in [5, 5.41) is 10.6. The number of phosphoric ester groups is 2. The van der Waals surface area contributed by atoms with E-state index in [0.717, 1.165) is 114 Å². The highest BCUT2D eigenvalue weighted by Crippen LogP contribution is 2.45. The van der Waals surface area contributed by atoms with Crippen LogP contribution in [0.5, 0.6) is 0 Å². The lowest BCUT2D eigenvalue weighted by Crippen LogP contribution is -2.30. The molecule has 3 N–H and O–H groups in total. The Bertz CT molecular complexity index is 1850. The third kappa shape index (κ3) is 69.0. The first-order valence-corrected chi connectivity index (χ1v) is 42.4. The highest BCUT2D eigenvalue weighted by atomic mass is 31.2. The highest BCUT2D eigenvalue weighted by molar-refractivity contribution is 7.47. The fraction of sp³-hybridized carbons (Fsp3) is 0.947. The summed E-state index contributed by atoms with van der Waals surface area (Å²) in [7, 11) is -9.91. The van der Waals surface area contributed by atoms with Crippen LogP contribution in [0.15, 0.2) is 0 Å². The van der Waals surface area contributed by atoms with E-state index in [-0.39, 0.29) is 25.7 Å². The van der Waals surface area contributed by atoms with Gasteiger partial charge in [-0.05, 0) is 43.4 Å². The molecule has 95 heavy (non-hydrogen) atoms. The third-order valence-electron chi connectivity index (χ3n) is 18.0. The van der Waals surface area contributed by atoms with Gasteiger partial charge in [-0.3, -0.25) is 37.3 Å². The van der Waals surface area contributed by atoms with Gasteiger partial charge in [-0.1, -0.05) is 337 Å². The Hall–Kier alpha value is -1.94. The number of unbranched alkanes of at least 4 members (excludes halogenated alkanes) is 41. The van der Waals surface area contributed by atoms with Crippen molar-refractivity contribution >= 4 is 39.5 Å². The monoisotopic (exact) mass is 1400 g/mol. The number of carbonyl (C=O) groups excluding carboxylic acids is 4. The molecule has 0 aliphatic rings. The fourth-order valence-corrected chi connectivity index (χ4v) is 13.1. The predicted octanol–water partition coefficient (Wildman–Crippen LogP) is 22.2. The topological polar surface area (TPSA) is 237 Å². The first kappa shape index (κ1) is 93.1. The Balaban J connectivity index is 5.23. The van der Waals surface area contributed by atoms with E-state index in [4.69, 9.17) is 37.0 Å². The van der Waals surface area contributed by atoms with Gasteiger partial charge in [-0.25, -0.2) is 9.13 Å². The van der Waals surface area contributed by atoms with Gasteiger partial charge in [0.25, 0.3) is 0 Å². The van der Waals surface area contributed by atoms with Crippen molar-refractivity contribution in [1.82, 2.24) is 0 Å². The third-order valence-corrected chi connectivity index (χ3v) is 19.9. The summed E-state index contributed by atoms with van der Waals surface area (Å²) < 4.78 is 68.5. The Labute approximate surface area is 581 Å². The molecule has 0 amide bonds. The molecule has 3 unspecified atom stereocenters. The molecule has 0 spiro atoms. The molecule has 0 aliphatic carbocycles. The van der Waals surface area contributed by atoms with Gasteiger partial charge >= 0.3 is 39.5 Å². The number of rotatable bonds is 74. The first-order valence-electron chi connectivity index (χ1n) is 39.4. The molecule has 19 heteroatoms. The maximum atomic E-state index is 13.1. The molecular weight excluding hydrogens is 1250 g/mol. The molecule has 0 aromatic heterocycles. The molecule has 0 saturated heterocycles. The largest absolute Gasteiger partial charge is 0.472 e. The van der Waals surface area contributed by atoms with Crippen molar-refractivity contribution in [2.24, 2.45) is 17.8 Å². The van der Waals surface area contributed by atoms with Crippen molar-refractivity contribution in [2.75, 3.05) is 39.6 Å². The van der Waals surface area contributed by atoms with E-state index in [1.807, 2.05) is 0 Å². The number of carbonyl (C=O) groups is 4. The molecule has 0 radical (unpaired) electrons. The first-order chi connectivity index (χ1) is 45.8. The Morgan fingerprint density at radius 3 is 0.800 bits per heavy atom. The molecule has 0 rings (SSSR count). The van der Waals surface area contributed by atoms with Crippen molar-refractivity contribution < 1.29 is 80.2 Å². The average molecular weight is 1400 g/mol. The van der Waals surface area contributed by atoms with Gasteiger partial charge in [-0.15, -0.1) is 0 Å². The van der Waals surface area contributed by atoms with Crippen LogP contribution in [0.4, 0.5) is 0 Å². The molecule has 17 nitrogen and oxygen atoms in total. The Morgan fingerprint density at radius 1 is 0.305 bits per heavy atom. The van der Waals surface area contributed by atoms with Crippen LogP contribution in [0.1, 0.15) is 389 Å². The maximum Gasteiger partial charge on any atom is 0.472 e. The quantitative estimate of drug-likeness (QED) is 0.0222. The molecule has 0 aliphatic heterocycles. The van der Waals surface area contributed by atoms with Crippen LogP contribution in [0.25, 0.3) is 0 Å². The van der Waals surface area contributed by atoms with E-state index in [1.54, 1.807) is 0 Å². The van der Waals surface area contributed by atoms with Crippen LogP contribution in [0.3, 0.4) is 0 Å². The van der Waals surface area contributed by atoms with Crippen molar-refractivity contribution in [3.63, 3.8) is 0 Å². The number of hydrogen-bond acceptors (Lipinski definition) is 15. The highest BCUT2D eigenvalue weighted by Gasteiger charge is 2.30. The predicted molar refractivity (Wildman–Crippen MR) is 386 cm³/mol. The van der Waals surface area contributed by atoms with Gasteiger partial charge < -0.3 is 33.8 Å². The Morgan fingerprint density at radius 2 is 0.537 bits per heavy atom. The summed E-state index contributed by atoms with van der Waals surface area (Å²) in [5.74, 6) is 0.110.